The number of aromatic nitrogens is 1. The number of hydrogen-bond acceptors (Lipinski definition) is 3. The molecular weight excluding hydrogens is 420 g/mol. The lowest BCUT2D eigenvalue weighted by atomic mass is 9.83. The van der Waals surface area contributed by atoms with Crippen LogP contribution in [0.15, 0.2) is 67.0 Å². The topological polar surface area (TPSA) is 57.3 Å². The van der Waals surface area contributed by atoms with Gasteiger partial charge in [0.1, 0.15) is 0 Å². The van der Waals surface area contributed by atoms with E-state index in [9.17, 15) is 4.79 Å². The van der Waals surface area contributed by atoms with E-state index in [0.29, 0.717) is 0 Å². The third-order valence-electron chi connectivity index (χ3n) is 6.57. The Hall–Kier alpha value is -3.34. The SMILES string of the molecule is Cc1ccccc1-c1cc(N2CCCCC2)ccc1NC(=O)NC(c1cccnc1)C(C)(C)C. The Bertz CT molecular complexity index is 1110. The van der Waals surface area contributed by atoms with Gasteiger partial charge in [-0.15, -0.1) is 0 Å². The number of carbonyl (C=O) groups excluding carboxylic acids is 1. The molecule has 0 saturated carbocycles. The summed E-state index contributed by atoms with van der Waals surface area (Å²) in [6, 6.07) is 18.3. The third-order valence-corrected chi connectivity index (χ3v) is 6.57. The molecule has 1 unspecified atom stereocenters. The number of nitrogens with one attached hydrogen (secondary N) is 2. The highest BCUT2D eigenvalue weighted by molar-refractivity contribution is 5.96. The molecule has 0 radical (unpaired) electrons. The maximum absolute atomic E-state index is 13.2. The van der Waals surface area contributed by atoms with Gasteiger partial charge in [0.05, 0.1) is 11.7 Å². The quantitative estimate of drug-likeness (QED) is 0.436. The number of piperidine rings is 1. The molecule has 1 aromatic heterocycles. The fraction of sp³-hybridized carbons (Fsp3) is 0.379. The van der Waals surface area contributed by atoms with E-state index < -0.39 is 0 Å². The smallest absolute Gasteiger partial charge is 0.319 e. The number of anilines is 2. The van der Waals surface area contributed by atoms with Crippen molar-refractivity contribution in [1.82, 2.24) is 10.3 Å². The zero-order valence-corrected chi connectivity index (χ0v) is 20.8. The summed E-state index contributed by atoms with van der Waals surface area (Å²) in [4.78, 5) is 19.9. The fourth-order valence-electron chi connectivity index (χ4n) is 4.72. The van der Waals surface area contributed by atoms with Crippen LogP contribution in [0.4, 0.5) is 16.2 Å². The number of amides is 2. The van der Waals surface area contributed by atoms with Crippen molar-refractivity contribution in [3.8, 4) is 11.1 Å². The van der Waals surface area contributed by atoms with Crippen LogP contribution < -0.4 is 15.5 Å². The van der Waals surface area contributed by atoms with Crippen LogP contribution in [-0.2, 0) is 0 Å². The minimum absolute atomic E-state index is 0.169. The highest BCUT2D eigenvalue weighted by Gasteiger charge is 2.28. The molecular formula is C29H36N4O. The van der Waals surface area contributed by atoms with Gasteiger partial charge in [-0.05, 0) is 72.6 Å². The molecule has 3 aromatic rings. The monoisotopic (exact) mass is 456 g/mol. The summed E-state index contributed by atoms with van der Waals surface area (Å²) in [5, 5.41) is 6.34. The molecule has 2 amide bonds. The molecule has 1 atom stereocenters. The number of benzene rings is 2. The second-order valence-electron chi connectivity index (χ2n) is 10.3. The molecule has 4 rings (SSSR count). The molecule has 0 aliphatic carbocycles. The van der Waals surface area contributed by atoms with E-state index in [-0.39, 0.29) is 17.5 Å². The van der Waals surface area contributed by atoms with E-state index in [0.717, 1.165) is 35.5 Å². The van der Waals surface area contributed by atoms with E-state index in [2.05, 4.69) is 84.6 Å². The first kappa shape index (κ1) is 23.8. The van der Waals surface area contributed by atoms with Crippen LogP contribution >= 0.6 is 0 Å². The predicted octanol–water partition coefficient (Wildman–Crippen LogP) is 6.96. The summed E-state index contributed by atoms with van der Waals surface area (Å²) in [6.07, 6.45) is 7.33. The van der Waals surface area contributed by atoms with E-state index in [1.54, 1.807) is 6.20 Å². The van der Waals surface area contributed by atoms with Crippen molar-refractivity contribution in [2.75, 3.05) is 23.3 Å². The van der Waals surface area contributed by atoms with Crippen LogP contribution in [0.5, 0.6) is 0 Å². The highest BCUT2D eigenvalue weighted by atomic mass is 16.2. The van der Waals surface area contributed by atoms with Gasteiger partial charge in [-0.1, -0.05) is 51.1 Å². The van der Waals surface area contributed by atoms with Crippen molar-refractivity contribution < 1.29 is 4.79 Å². The summed E-state index contributed by atoms with van der Waals surface area (Å²) in [5.41, 5.74) is 6.21. The van der Waals surface area contributed by atoms with Crippen molar-refractivity contribution in [3.05, 3.63) is 78.1 Å². The number of hydrogen-bond donors (Lipinski definition) is 2. The summed E-state index contributed by atoms with van der Waals surface area (Å²) < 4.78 is 0. The Morgan fingerprint density at radius 3 is 2.41 bits per heavy atom. The third kappa shape index (κ3) is 5.58. The second-order valence-corrected chi connectivity index (χ2v) is 10.3. The summed E-state index contributed by atoms with van der Waals surface area (Å²) in [7, 11) is 0. The van der Waals surface area contributed by atoms with Crippen LogP contribution in [0.1, 0.15) is 57.2 Å². The highest BCUT2D eigenvalue weighted by Crippen LogP contribution is 2.36. The fourth-order valence-corrected chi connectivity index (χ4v) is 4.72. The van der Waals surface area contributed by atoms with E-state index >= 15 is 0 Å². The second kappa shape index (κ2) is 10.3. The van der Waals surface area contributed by atoms with Crippen molar-refractivity contribution in [1.29, 1.82) is 0 Å². The molecule has 34 heavy (non-hydrogen) atoms. The molecule has 178 valence electrons. The van der Waals surface area contributed by atoms with E-state index in [4.69, 9.17) is 0 Å². The average Bonchev–Trinajstić information content (AvgIpc) is 2.84. The molecule has 1 aliphatic heterocycles. The number of carbonyl (C=O) groups is 1. The molecule has 2 aromatic carbocycles. The van der Waals surface area contributed by atoms with Crippen LogP contribution in [0.3, 0.4) is 0 Å². The molecule has 5 heteroatoms. The first-order valence-corrected chi connectivity index (χ1v) is 12.3. The molecule has 0 spiro atoms. The first-order valence-electron chi connectivity index (χ1n) is 12.3. The molecule has 2 N–H and O–H groups in total. The number of aryl methyl sites for hydroxylation is 1. The lowest BCUT2D eigenvalue weighted by Gasteiger charge is -2.32. The van der Waals surface area contributed by atoms with Crippen LogP contribution in [-0.4, -0.2) is 24.1 Å². The molecule has 5 nitrogen and oxygen atoms in total. The zero-order valence-electron chi connectivity index (χ0n) is 20.8. The Kier molecular flexibility index (Phi) is 7.20. The number of nitrogens with zero attached hydrogens (tertiary/aromatic N) is 2. The van der Waals surface area contributed by atoms with Gasteiger partial charge in [-0.3, -0.25) is 4.98 Å². The van der Waals surface area contributed by atoms with Gasteiger partial charge in [0.2, 0.25) is 0 Å². The Labute approximate surface area is 203 Å². The zero-order chi connectivity index (χ0) is 24.1. The van der Waals surface area contributed by atoms with Gasteiger partial charge < -0.3 is 15.5 Å². The molecule has 0 bridgehead atoms. The Balaban J connectivity index is 1.64. The van der Waals surface area contributed by atoms with Crippen molar-refractivity contribution in [2.24, 2.45) is 5.41 Å². The normalized spacial score (nSPS) is 15.0. The first-order chi connectivity index (χ1) is 16.3. The van der Waals surface area contributed by atoms with Gasteiger partial charge in [-0.2, -0.15) is 0 Å². The lowest BCUT2D eigenvalue weighted by molar-refractivity contribution is 0.229. The molecule has 1 saturated heterocycles. The van der Waals surface area contributed by atoms with Crippen LogP contribution in [0, 0.1) is 12.3 Å². The van der Waals surface area contributed by atoms with Gasteiger partial charge in [-0.25, -0.2) is 4.79 Å². The van der Waals surface area contributed by atoms with Crippen molar-refractivity contribution in [2.45, 2.75) is 53.0 Å². The van der Waals surface area contributed by atoms with Gasteiger partial charge >= 0.3 is 6.03 Å². The molecule has 2 heterocycles. The maximum atomic E-state index is 13.2. The van der Waals surface area contributed by atoms with Crippen molar-refractivity contribution in [3.63, 3.8) is 0 Å². The van der Waals surface area contributed by atoms with Crippen LogP contribution in [0.25, 0.3) is 11.1 Å². The van der Waals surface area contributed by atoms with E-state index in [1.807, 2.05) is 24.4 Å². The Morgan fingerprint density at radius 1 is 0.971 bits per heavy atom. The summed E-state index contributed by atoms with van der Waals surface area (Å²) in [5.74, 6) is 0. The molecule has 1 aliphatic rings. The predicted molar refractivity (Wildman–Crippen MR) is 141 cm³/mol. The Morgan fingerprint density at radius 2 is 1.74 bits per heavy atom. The molecule has 1 fully saturated rings. The van der Waals surface area contributed by atoms with Gasteiger partial charge in [0.25, 0.3) is 0 Å². The van der Waals surface area contributed by atoms with Crippen molar-refractivity contribution >= 4 is 17.4 Å². The summed E-state index contributed by atoms with van der Waals surface area (Å²) >= 11 is 0. The minimum atomic E-state index is -0.218. The largest absolute Gasteiger partial charge is 0.372 e. The lowest BCUT2D eigenvalue weighted by Crippen LogP contribution is -2.39. The van der Waals surface area contributed by atoms with Gasteiger partial charge in [0.15, 0.2) is 0 Å². The average molecular weight is 457 g/mol. The minimum Gasteiger partial charge on any atom is -0.372 e. The van der Waals surface area contributed by atoms with Gasteiger partial charge in [0, 0.05) is 36.7 Å². The number of urea groups is 1. The number of pyridine rings is 1. The maximum Gasteiger partial charge on any atom is 0.319 e. The number of rotatable bonds is 5. The van der Waals surface area contributed by atoms with E-state index in [1.165, 1.54) is 30.5 Å². The summed E-state index contributed by atoms with van der Waals surface area (Å²) in [6.45, 7) is 10.6. The standard InChI is InChI=1S/C29H36N4O/c1-21-11-6-7-13-24(21)25-19-23(33-17-8-5-9-18-33)14-15-26(25)31-28(34)32-27(29(2,3)4)22-12-10-16-30-20-22/h6-7,10-16,19-20,27H,5,8-9,17-18H2,1-4H3,(H2,31,32,34). The van der Waals surface area contributed by atoms with Crippen LogP contribution in [0.2, 0.25) is 0 Å².